The first-order valence-corrected chi connectivity index (χ1v) is 31.7. The van der Waals surface area contributed by atoms with Crippen molar-refractivity contribution in [1.29, 1.82) is 0 Å². The third-order valence-corrected chi connectivity index (χ3v) is 22.9. The summed E-state index contributed by atoms with van der Waals surface area (Å²) in [5.74, 6) is -2.36. The second kappa shape index (κ2) is 24.8. The van der Waals surface area contributed by atoms with Crippen molar-refractivity contribution in [3.8, 4) is 0 Å². The lowest BCUT2D eigenvalue weighted by Gasteiger charge is -2.49. The second-order valence-electron chi connectivity index (χ2n) is 25.0. The number of allylic oxidation sites excluding steroid dienone is 2. The number of fused-ring (bicyclic) bond motifs is 2. The highest BCUT2D eigenvalue weighted by atomic mass is 28.4. The summed E-state index contributed by atoms with van der Waals surface area (Å²) in [6.07, 6.45) is 14.3. The molecule has 0 aromatic heterocycles. The van der Waals surface area contributed by atoms with Gasteiger partial charge in [0.1, 0.15) is 29.8 Å². The van der Waals surface area contributed by atoms with Crippen molar-refractivity contribution >= 4 is 14.3 Å². The summed E-state index contributed by atoms with van der Waals surface area (Å²) in [7, 11) is 1.09. The first-order valence-electron chi connectivity index (χ1n) is 28.8. The lowest BCUT2D eigenvalue weighted by atomic mass is 9.71. The number of carbonyl (C=O) groups excluding carboxylic acids is 1. The Balaban J connectivity index is 1.07. The monoisotopic (exact) mass is 1080 g/mol. The average molecular weight is 1080 g/mol. The molecule has 2 N–H and O–H groups in total. The Morgan fingerprint density at radius 1 is 0.934 bits per heavy atom. The Labute approximate surface area is 456 Å². The molecule has 15 nitrogen and oxygen atoms in total. The number of nitrogens with zero attached hydrogens (tertiary/aromatic N) is 1. The van der Waals surface area contributed by atoms with Crippen LogP contribution in [0.4, 0.5) is 0 Å². The van der Waals surface area contributed by atoms with Crippen LogP contribution in [0, 0.1) is 23.7 Å². The highest BCUT2D eigenvalue weighted by Gasteiger charge is 2.62. The molecule has 8 aliphatic rings. The molecule has 0 aromatic carbocycles. The number of aliphatic hydroxyl groups is 1. The first kappa shape index (κ1) is 59.7. The number of rotatable bonds is 12. The van der Waals surface area contributed by atoms with Crippen LogP contribution in [-0.2, 0) is 56.6 Å². The summed E-state index contributed by atoms with van der Waals surface area (Å²) < 4.78 is 73.7. The smallest absolute Gasteiger partial charge is 0.316 e. The van der Waals surface area contributed by atoms with Gasteiger partial charge >= 0.3 is 5.97 Å². The number of hydrogen-bond acceptors (Lipinski definition) is 15. The molecular weight excluding hydrogens is 985 g/mol. The normalized spacial score (nSPS) is 43.8. The van der Waals surface area contributed by atoms with Crippen LogP contribution >= 0.6 is 0 Å². The lowest BCUT2D eigenvalue weighted by molar-refractivity contribution is -0.305. The first-order chi connectivity index (χ1) is 36.0. The number of ether oxygens (including phenoxy) is 10. The molecule has 1 aliphatic carbocycles. The molecule has 0 unspecified atom stereocenters. The summed E-state index contributed by atoms with van der Waals surface area (Å²) in [5.41, 5.74) is 1.84. The molecule has 19 atom stereocenters. The van der Waals surface area contributed by atoms with Crippen molar-refractivity contribution in [3.05, 3.63) is 70.9 Å². The molecule has 0 amide bonds. The lowest BCUT2D eigenvalue weighted by Crippen LogP contribution is -2.60. The fraction of sp³-hybridized carbons (Fsp3) is 0.783. The Morgan fingerprint density at radius 3 is 2.37 bits per heavy atom. The van der Waals surface area contributed by atoms with Crippen molar-refractivity contribution in [1.82, 2.24) is 10.2 Å². The predicted octanol–water partition coefficient (Wildman–Crippen LogP) is 8.88. The summed E-state index contributed by atoms with van der Waals surface area (Å²) >= 11 is 0. The van der Waals surface area contributed by atoms with Gasteiger partial charge in [-0.25, -0.2) is 0 Å². The van der Waals surface area contributed by atoms with Crippen LogP contribution in [-0.4, -0.2) is 169 Å². The summed E-state index contributed by atoms with van der Waals surface area (Å²) in [6, 6.07) is 0. The summed E-state index contributed by atoms with van der Waals surface area (Å²) in [6.45, 7) is 32.9. The van der Waals surface area contributed by atoms with Gasteiger partial charge in [-0.2, -0.15) is 0 Å². The van der Waals surface area contributed by atoms with E-state index >= 15 is 0 Å². The Bertz CT molecular complexity index is 2180. The van der Waals surface area contributed by atoms with Crippen molar-refractivity contribution in [2.75, 3.05) is 53.6 Å². The molecule has 2 bridgehead atoms. The third kappa shape index (κ3) is 13.0. The van der Waals surface area contributed by atoms with E-state index in [2.05, 4.69) is 110 Å². The van der Waals surface area contributed by atoms with E-state index in [1.54, 1.807) is 14.2 Å². The molecule has 0 saturated carbocycles. The number of methoxy groups -OCH3 is 2. The van der Waals surface area contributed by atoms with E-state index in [9.17, 15) is 9.90 Å². The quantitative estimate of drug-likeness (QED) is 0.109. The van der Waals surface area contributed by atoms with Crippen molar-refractivity contribution < 1.29 is 61.7 Å². The zero-order valence-electron chi connectivity index (χ0n) is 48.7. The van der Waals surface area contributed by atoms with E-state index in [-0.39, 0.29) is 59.9 Å². The van der Waals surface area contributed by atoms with Crippen LogP contribution in [0.5, 0.6) is 0 Å². The number of piperazine rings is 1. The minimum Gasteiger partial charge on any atom is -0.462 e. The van der Waals surface area contributed by atoms with E-state index in [0.717, 1.165) is 55.9 Å². The highest BCUT2D eigenvalue weighted by molar-refractivity contribution is 6.74. The molecule has 0 radical (unpaired) electrons. The maximum absolute atomic E-state index is 14.9. The van der Waals surface area contributed by atoms with Gasteiger partial charge in [0.2, 0.25) is 0 Å². The molecular formula is C60H96N2O13Si. The van der Waals surface area contributed by atoms with Crippen LogP contribution in [0.1, 0.15) is 115 Å². The average Bonchev–Trinajstić information content (AvgIpc) is 3.73. The SMILES string of the molecule is CC[C@H](C)[C@H]1O[C@]2(C=C[C@@H]1C)C[C@@H]1C[C@@H](C/C=C(\C)[C@@H](O[C@H]3C[C@H](OC)[C@@H](O[C@H]4C[C@H](OC)/C(=C\CN5CCNCC5)[C@H](C)O4)[C@H](C)O3)[C@@H](C)/C=C/C=C3\CO[C@@H]4[C@H](O[Si](C)(C)C(C)(C)C)C(C)=C[C@@H](C(=O)O1)[C@]34O)O2. The third-order valence-electron chi connectivity index (χ3n) is 18.4. The van der Waals surface area contributed by atoms with Gasteiger partial charge in [-0.1, -0.05) is 97.4 Å². The van der Waals surface area contributed by atoms with Crippen LogP contribution in [0.2, 0.25) is 18.1 Å². The molecule has 0 aromatic rings. The maximum Gasteiger partial charge on any atom is 0.316 e. The molecule has 1 spiro atoms. The zero-order valence-corrected chi connectivity index (χ0v) is 49.7. The Kier molecular flexibility index (Phi) is 19.5. The molecule has 5 fully saturated rings. The van der Waals surface area contributed by atoms with E-state index in [1.165, 1.54) is 0 Å². The van der Waals surface area contributed by atoms with Crippen molar-refractivity contribution in [3.63, 3.8) is 0 Å². The van der Waals surface area contributed by atoms with E-state index in [1.807, 2.05) is 38.2 Å². The number of hydrogen-bond donors (Lipinski definition) is 2. The van der Waals surface area contributed by atoms with Gasteiger partial charge in [-0.15, -0.1) is 0 Å². The minimum absolute atomic E-state index is 0.0838. The number of carbonyl (C=O) groups is 1. The van der Waals surface area contributed by atoms with Crippen molar-refractivity contribution in [2.45, 2.75) is 224 Å². The van der Waals surface area contributed by atoms with E-state index < -0.39 is 80.8 Å². The number of nitrogens with one attached hydrogen (secondary N) is 1. The molecule has 7 heterocycles. The van der Waals surface area contributed by atoms with Gasteiger partial charge in [-0.3, -0.25) is 9.69 Å². The predicted molar refractivity (Wildman–Crippen MR) is 295 cm³/mol. The van der Waals surface area contributed by atoms with Gasteiger partial charge in [0, 0.05) is 84.5 Å². The Morgan fingerprint density at radius 2 is 1.67 bits per heavy atom. The number of esters is 1. The van der Waals surface area contributed by atoms with E-state index in [0.29, 0.717) is 37.7 Å². The summed E-state index contributed by atoms with van der Waals surface area (Å²) in [5, 5.41) is 16.6. The Hall–Kier alpha value is -2.39. The van der Waals surface area contributed by atoms with Crippen LogP contribution < -0.4 is 5.32 Å². The van der Waals surface area contributed by atoms with Gasteiger partial charge in [0.15, 0.2) is 26.7 Å². The van der Waals surface area contributed by atoms with E-state index in [4.69, 9.17) is 51.8 Å². The van der Waals surface area contributed by atoms with Crippen LogP contribution in [0.25, 0.3) is 0 Å². The molecule has 428 valence electrons. The zero-order chi connectivity index (χ0) is 54.9. The fourth-order valence-corrected chi connectivity index (χ4v) is 13.8. The molecule has 8 rings (SSSR count). The van der Waals surface area contributed by atoms with Crippen molar-refractivity contribution in [2.24, 2.45) is 23.7 Å². The van der Waals surface area contributed by atoms with Gasteiger partial charge in [0.05, 0.1) is 55.4 Å². The van der Waals surface area contributed by atoms with Gasteiger partial charge in [-0.05, 0) is 86.5 Å². The molecule has 5 saturated heterocycles. The fourth-order valence-electron chi connectivity index (χ4n) is 12.5. The largest absolute Gasteiger partial charge is 0.462 e. The summed E-state index contributed by atoms with van der Waals surface area (Å²) in [4.78, 5) is 17.4. The van der Waals surface area contributed by atoms with Crippen LogP contribution in [0.3, 0.4) is 0 Å². The topological polar surface area (TPSA) is 154 Å². The molecule has 16 heteroatoms. The maximum atomic E-state index is 14.9. The molecule has 76 heavy (non-hydrogen) atoms. The highest BCUT2D eigenvalue weighted by Crippen LogP contribution is 2.50. The second-order valence-corrected chi connectivity index (χ2v) is 29.7. The van der Waals surface area contributed by atoms with Crippen LogP contribution in [0.15, 0.2) is 70.9 Å². The van der Waals surface area contributed by atoms with Gasteiger partial charge < -0.3 is 62.2 Å². The molecule has 7 aliphatic heterocycles. The standard InChI is InChI=1S/C60H96N2O13Si/c1-16-36(2)53-39(5)22-24-59(74-53)34-45-31-44(73-59)21-20-38(4)52(37(3)18-17-19-43-35-67-56-54(75-76(14,15)58(9,10)11)40(6)30-47(57(63)70-45)60(43,56)64)71-51-33-49(66-13)55(42(8)69-51)72-50-32-48(65-12)46(41(7)68-50)23-27-62-28-25-61-26-29-62/h17-20,22-24,30,36-37,39,41-42,44-45,47-56,61,64H,16,21,25-29,31-35H2,1-15H3/b18-17+,38-20+,43-19+,46-23-/t36-,37-,39-,41-,42-,44+,45-,47-,48-,49-,50-,51-,52-,53+,54+,55-,56+,59+,60+/m0/s1. The van der Waals surface area contributed by atoms with Gasteiger partial charge in [0.25, 0.3) is 0 Å². The minimum atomic E-state index is -2.38.